The van der Waals surface area contributed by atoms with E-state index in [2.05, 4.69) is 4.98 Å². The average molecular weight is 153 g/mol. The molecular formula is C8H5F2N. The van der Waals surface area contributed by atoms with Crippen LogP contribution in [0.2, 0.25) is 0 Å². The molecule has 0 spiro atoms. The third-order valence-corrected chi connectivity index (χ3v) is 1.61. The van der Waals surface area contributed by atoms with Crippen LogP contribution in [0.15, 0.2) is 24.4 Å². The van der Waals surface area contributed by atoms with Crippen LogP contribution in [0.3, 0.4) is 0 Å². The van der Waals surface area contributed by atoms with Gasteiger partial charge in [0.05, 0.1) is 10.9 Å². The van der Waals surface area contributed by atoms with Crippen molar-refractivity contribution in [3.63, 3.8) is 0 Å². The lowest BCUT2D eigenvalue weighted by Crippen LogP contribution is -1.76. The van der Waals surface area contributed by atoms with E-state index in [0.29, 0.717) is 5.52 Å². The lowest BCUT2D eigenvalue weighted by molar-refractivity contribution is 0.610. The van der Waals surface area contributed by atoms with Crippen LogP contribution in [0.4, 0.5) is 8.78 Å². The second-order valence-electron chi connectivity index (χ2n) is 2.30. The van der Waals surface area contributed by atoms with Crippen molar-refractivity contribution in [1.29, 1.82) is 0 Å². The Bertz CT molecular complexity index is 392. The summed E-state index contributed by atoms with van der Waals surface area (Å²) >= 11 is 0. The molecule has 1 nitrogen and oxygen atoms in total. The summed E-state index contributed by atoms with van der Waals surface area (Å²) in [6.45, 7) is 0. The number of hydrogen-bond donors (Lipinski definition) is 1. The van der Waals surface area contributed by atoms with Gasteiger partial charge >= 0.3 is 0 Å². The molecule has 1 N–H and O–H groups in total. The molecule has 1 heterocycles. The van der Waals surface area contributed by atoms with Crippen molar-refractivity contribution in [3.05, 3.63) is 36.0 Å². The van der Waals surface area contributed by atoms with Crippen molar-refractivity contribution in [1.82, 2.24) is 4.98 Å². The van der Waals surface area contributed by atoms with Crippen LogP contribution in [-0.4, -0.2) is 4.98 Å². The molecule has 0 fully saturated rings. The largest absolute Gasteiger partial charge is 0.358 e. The highest BCUT2D eigenvalue weighted by molar-refractivity contribution is 5.80. The van der Waals surface area contributed by atoms with Gasteiger partial charge in [-0.3, -0.25) is 0 Å². The molecule has 0 bridgehead atoms. The van der Waals surface area contributed by atoms with E-state index in [9.17, 15) is 8.78 Å². The molecule has 3 heteroatoms. The third kappa shape index (κ3) is 0.808. The summed E-state index contributed by atoms with van der Waals surface area (Å²) in [7, 11) is 0. The van der Waals surface area contributed by atoms with E-state index < -0.39 is 11.6 Å². The molecule has 0 atom stereocenters. The van der Waals surface area contributed by atoms with Crippen molar-refractivity contribution in [2.75, 3.05) is 0 Å². The molecule has 11 heavy (non-hydrogen) atoms. The maximum Gasteiger partial charge on any atom is 0.151 e. The van der Waals surface area contributed by atoms with E-state index in [1.807, 2.05) is 0 Å². The first kappa shape index (κ1) is 6.34. The smallest absolute Gasteiger partial charge is 0.151 e. The highest BCUT2D eigenvalue weighted by atomic mass is 19.1. The number of benzene rings is 1. The number of aromatic amines is 1. The molecular weight excluding hydrogens is 148 g/mol. The minimum absolute atomic E-state index is 0.0347. The molecule has 1 aromatic heterocycles. The van der Waals surface area contributed by atoms with Gasteiger partial charge in [-0.05, 0) is 12.1 Å². The van der Waals surface area contributed by atoms with Gasteiger partial charge in [-0.15, -0.1) is 0 Å². The summed E-state index contributed by atoms with van der Waals surface area (Å²) in [5, 5.41) is 0.0347. The molecule has 0 unspecified atom stereocenters. The summed E-state index contributed by atoms with van der Waals surface area (Å²) < 4.78 is 25.6. The molecule has 0 saturated heterocycles. The maximum atomic E-state index is 12.8. The first-order valence-electron chi connectivity index (χ1n) is 3.20. The zero-order valence-corrected chi connectivity index (χ0v) is 5.57. The Hall–Kier alpha value is -1.38. The number of nitrogens with one attached hydrogen (secondary N) is 1. The SMILES string of the molecule is Fc1cccc2[nH]cc(F)c12. The standard InChI is InChI=1S/C8H5F2N/c9-5-2-1-3-7-8(5)6(10)4-11-7/h1-4,11H. The Kier molecular flexibility index (Phi) is 1.18. The van der Waals surface area contributed by atoms with Gasteiger partial charge in [0.2, 0.25) is 0 Å². The predicted octanol–water partition coefficient (Wildman–Crippen LogP) is 2.45. The van der Waals surface area contributed by atoms with Gasteiger partial charge in [-0.1, -0.05) is 6.07 Å². The van der Waals surface area contributed by atoms with Crippen molar-refractivity contribution in [2.45, 2.75) is 0 Å². The summed E-state index contributed by atoms with van der Waals surface area (Å²) in [6.07, 6.45) is 1.15. The zero-order valence-electron chi connectivity index (χ0n) is 5.57. The lowest BCUT2D eigenvalue weighted by Gasteiger charge is -1.89. The van der Waals surface area contributed by atoms with Crippen LogP contribution in [0.25, 0.3) is 10.9 Å². The van der Waals surface area contributed by atoms with E-state index in [1.165, 1.54) is 12.1 Å². The second-order valence-corrected chi connectivity index (χ2v) is 2.30. The van der Waals surface area contributed by atoms with Crippen molar-refractivity contribution in [3.8, 4) is 0 Å². The monoisotopic (exact) mass is 153 g/mol. The lowest BCUT2D eigenvalue weighted by atomic mass is 10.2. The van der Waals surface area contributed by atoms with Gasteiger partial charge in [-0.25, -0.2) is 8.78 Å². The van der Waals surface area contributed by atoms with E-state index in [0.717, 1.165) is 6.20 Å². The fraction of sp³-hybridized carbons (Fsp3) is 0. The summed E-state index contributed by atoms with van der Waals surface area (Å²) in [5.74, 6) is -1.07. The van der Waals surface area contributed by atoms with E-state index in [-0.39, 0.29) is 5.39 Å². The van der Waals surface area contributed by atoms with Crippen LogP contribution in [-0.2, 0) is 0 Å². The number of rotatable bonds is 0. The van der Waals surface area contributed by atoms with Crippen LogP contribution in [0.5, 0.6) is 0 Å². The fourth-order valence-corrected chi connectivity index (χ4v) is 1.10. The minimum Gasteiger partial charge on any atom is -0.358 e. The Morgan fingerprint density at radius 3 is 2.64 bits per heavy atom. The molecule has 0 amide bonds. The summed E-state index contributed by atoms with van der Waals surface area (Å²) in [6, 6.07) is 4.40. The van der Waals surface area contributed by atoms with Gasteiger partial charge < -0.3 is 4.98 Å². The Morgan fingerprint density at radius 2 is 1.91 bits per heavy atom. The van der Waals surface area contributed by atoms with Crippen LogP contribution in [0, 0.1) is 11.6 Å². The molecule has 0 aliphatic heterocycles. The highest BCUT2D eigenvalue weighted by Gasteiger charge is 2.06. The second kappa shape index (κ2) is 2.05. The molecule has 0 radical (unpaired) electrons. The van der Waals surface area contributed by atoms with Gasteiger partial charge in [0.15, 0.2) is 5.82 Å². The minimum atomic E-state index is -0.543. The summed E-state index contributed by atoms with van der Waals surface area (Å²) in [5.41, 5.74) is 0.488. The van der Waals surface area contributed by atoms with Crippen molar-refractivity contribution >= 4 is 10.9 Å². The van der Waals surface area contributed by atoms with Gasteiger partial charge in [0, 0.05) is 6.20 Å². The van der Waals surface area contributed by atoms with E-state index in [4.69, 9.17) is 0 Å². The van der Waals surface area contributed by atoms with Gasteiger partial charge in [0.1, 0.15) is 5.82 Å². The molecule has 2 rings (SSSR count). The van der Waals surface area contributed by atoms with Crippen LogP contribution >= 0.6 is 0 Å². The fourth-order valence-electron chi connectivity index (χ4n) is 1.10. The van der Waals surface area contributed by atoms with Crippen LogP contribution < -0.4 is 0 Å². The molecule has 1 aromatic carbocycles. The summed E-state index contributed by atoms with van der Waals surface area (Å²) in [4.78, 5) is 2.61. The first-order valence-corrected chi connectivity index (χ1v) is 3.20. The third-order valence-electron chi connectivity index (χ3n) is 1.61. The van der Waals surface area contributed by atoms with Crippen LogP contribution in [0.1, 0.15) is 0 Å². The number of aromatic nitrogens is 1. The van der Waals surface area contributed by atoms with Crippen molar-refractivity contribution < 1.29 is 8.78 Å². The van der Waals surface area contributed by atoms with E-state index >= 15 is 0 Å². The Morgan fingerprint density at radius 1 is 1.09 bits per heavy atom. The highest BCUT2D eigenvalue weighted by Crippen LogP contribution is 2.19. The number of fused-ring (bicyclic) bond motifs is 1. The number of halogens is 2. The zero-order chi connectivity index (χ0) is 7.84. The Balaban J connectivity index is 2.96. The molecule has 0 aliphatic carbocycles. The quantitative estimate of drug-likeness (QED) is 0.598. The number of H-pyrrole nitrogens is 1. The molecule has 0 aliphatic rings. The van der Waals surface area contributed by atoms with Gasteiger partial charge in [0.25, 0.3) is 0 Å². The normalized spacial score (nSPS) is 10.7. The molecule has 0 saturated carbocycles. The molecule has 2 aromatic rings. The Labute approximate surface area is 61.7 Å². The predicted molar refractivity (Wildman–Crippen MR) is 38.2 cm³/mol. The van der Waals surface area contributed by atoms with E-state index in [1.54, 1.807) is 6.07 Å². The average Bonchev–Trinajstić information content (AvgIpc) is 2.34. The first-order chi connectivity index (χ1) is 5.29. The number of hydrogen-bond acceptors (Lipinski definition) is 0. The topological polar surface area (TPSA) is 15.8 Å². The molecule has 56 valence electrons. The van der Waals surface area contributed by atoms with Gasteiger partial charge in [-0.2, -0.15) is 0 Å². The maximum absolute atomic E-state index is 12.8. The van der Waals surface area contributed by atoms with Crippen molar-refractivity contribution in [2.24, 2.45) is 0 Å².